The number of hydrogen-bond donors (Lipinski definition) is 1. The van der Waals surface area contributed by atoms with E-state index in [0.717, 1.165) is 30.8 Å². The predicted molar refractivity (Wildman–Crippen MR) is 102 cm³/mol. The molecule has 0 fully saturated rings. The predicted octanol–water partition coefficient (Wildman–Crippen LogP) is 3.58. The zero-order valence-electron chi connectivity index (χ0n) is 16.1. The molecule has 0 saturated carbocycles. The molecular weight excluding hydrogens is 328 g/mol. The van der Waals surface area contributed by atoms with Crippen molar-refractivity contribution in [2.24, 2.45) is 5.92 Å². The van der Waals surface area contributed by atoms with Gasteiger partial charge in [-0.2, -0.15) is 0 Å². The van der Waals surface area contributed by atoms with Gasteiger partial charge in [-0.15, -0.1) is 0 Å². The Morgan fingerprint density at radius 1 is 1.27 bits per heavy atom. The minimum Gasteiger partial charge on any atom is -0.345 e. The number of nitrogens with one attached hydrogen (secondary N) is 1. The number of H-pyrrole nitrogens is 1. The molecule has 2 rings (SSSR count). The quantitative estimate of drug-likeness (QED) is 0.697. The molecule has 6 nitrogen and oxygen atoms in total. The summed E-state index contributed by atoms with van der Waals surface area (Å²) >= 11 is 0. The summed E-state index contributed by atoms with van der Waals surface area (Å²) in [5.74, 6) is 0.647. The van der Waals surface area contributed by atoms with Crippen LogP contribution in [0.4, 0.5) is 5.69 Å². The third kappa shape index (κ3) is 4.77. The second-order valence-electron chi connectivity index (χ2n) is 6.64. The molecule has 0 radical (unpaired) electrons. The van der Waals surface area contributed by atoms with Crippen molar-refractivity contribution < 1.29 is 9.59 Å². The van der Waals surface area contributed by atoms with Crippen LogP contribution in [0.5, 0.6) is 0 Å². The minimum atomic E-state index is -0.155. The Morgan fingerprint density at radius 2 is 2.04 bits per heavy atom. The molecule has 2 heterocycles. The lowest BCUT2D eigenvalue weighted by molar-refractivity contribution is -0.121. The standard InChI is InChI=1S/C20H28N4O2/c1-5-8-18-22-16(6-2)19(23-18)17(25)10-12-24(20(26)14(3)4)15-9-7-11-21-13-15/h7,9,11,13-14H,5-6,8,10,12H2,1-4H3,(H,22,23). The fourth-order valence-electron chi connectivity index (χ4n) is 2.83. The smallest absolute Gasteiger partial charge is 0.229 e. The van der Waals surface area contributed by atoms with Crippen molar-refractivity contribution in [1.82, 2.24) is 15.0 Å². The third-order valence-electron chi connectivity index (χ3n) is 4.21. The minimum absolute atomic E-state index is 0.0183. The zero-order valence-corrected chi connectivity index (χ0v) is 16.1. The molecule has 1 amide bonds. The fraction of sp³-hybridized carbons (Fsp3) is 0.500. The van der Waals surface area contributed by atoms with E-state index in [1.807, 2.05) is 26.8 Å². The van der Waals surface area contributed by atoms with Crippen LogP contribution in [-0.4, -0.2) is 33.2 Å². The van der Waals surface area contributed by atoms with E-state index in [1.165, 1.54) is 0 Å². The van der Waals surface area contributed by atoms with Gasteiger partial charge in [-0.05, 0) is 25.0 Å². The van der Waals surface area contributed by atoms with E-state index in [4.69, 9.17) is 0 Å². The van der Waals surface area contributed by atoms with E-state index in [1.54, 1.807) is 23.4 Å². The molecule has 0 aliphatic carbocycles. The molecule has 6 heteroatoms. The van der Waals surface area contributed by atoms with Crippen molar-refractivity contribution in [1.29, 1.82) is 0 Å². The van der Waals surface area contributed by atoms with Gasteiger partial charge in [-0.1, -0.05) is 27.7 Å². The van der Waals surface area contributed by atoms with Crippen LogP contribution in [0.2, 0.25) is 0 Å². The lowest BCUT2D eigenvalue weighted by atomic mass is 10.1. The second kappa shape index (κ2) is 9.27. The summed E-state index contributed by atoms with van der Waals surface area (Å²) in [4.78, 5) is 38.8. The first kappa shape index (κ1) is 19.8. The number of aromatic amines is 1. The third-order valence-corrected chi connectivity index (χ3v) is 4.21. The van der Waals surface area contributed by atoms with Gasteiger partial charge in [0.1, 0.15) is 11.5 Å². The number of aryl methyl sites for hydroxylation is 2. The number of pyridine rings is 1. The van der Waals surface area contributed by atoms with Gasteiger partial charge in [0.2, 0.25) is 5.91 Å². The van der Waals surface area contributed by atoms with Gasteiger partial charge in [0.25, 0.3) is 0 Å². The number of anilines is 1. The van der Waals surface area contributed by atoms with E-state index >= 15 is 0 Å². The van der Waals surface area contributed by atoms with Crippen LogP contribution < -0.4 is 4.90 Å². The van der Waals surface area contributed by atoms with E-state index < -0.39 is 0 Å². The maximum atomic E-state index is 12.7. The molecule has 0 bridgehead atoms. The first-order chi connectivity index (χ1) is 12.5. The van der Waals surface area contributed by atoms with Crippen LogP contribution in [0.25, 0.3) is 0 Å². The molecule has 0 aliphatic rings. The van der Waals surface area contributed by atoms with Crippen LogP contribution in [0.3, 0.4) is 0 Å². The Kier molecular flexibility index (Phi) is 7.06. The maximum absolute atomic E-state index is 12.7. The lowest BCUT2D eigenvalue weighted by Crippen LogP contribution is -2.36. The Hall–Kier alpha value is -2.50. The van der Waals surface area contributed by atoms with Crippen LogP contribution in [-0.2, 0) is 17.6 Å². The summed E-state index contributed by atoms with van der Waals surface area (Å²) in [7, 11) is 0. The number of carbonyl (C=O) groups excluding carboxylic acids is 2. The molecule has 0 spiro atoms. The van der Waals surface area contributed by atoms with Crippen molar-refractivity contribution >= 4 is 17.4 Å². The summed E-state index contributed by atoms with van der Waals surface area (Å²) in [5.41, 5.74) is 2.10. The second-order valence-corrected chi connectivity index (χ2v) is 6.64. The van der Waals surface area contributed by atoms with Gasteiger partial charge in [-0.25, -0.2) is 4.98 Å². The Bertz CT molecular complexity index is 738. The number of Topliss-reactive ketones (excluding diaryl/α,β-unsaturated/α-hetero) is 1. The number of imidazole rings is 1. The summed E-state index contributed by atoms with van der Waals surface area (Å²) in [6.45, 7) is 8.12. The number of aromatic nitrogens is 3. The Labute approximate surface area is 155 Å². The van der Waals surface area contributed by atoms with Crippen molar-refractivity contribution in [3.8, 4) is 0 Å². The molecule has 26 heavy (non-hydrogen) atoms. The van der Waals surface area contributed by atoms with Gasteiger partial charge >= 0.3 is 0 Å². The number of amides is 1. The van der Waals surface area contributed by atoms with Crippen molar-refractivity contribution in [3.63, 3.8) is 0 Å². The van der Waals surface area contributed by atoms with Gasteiger partial charge in [0.05, 0.1) is 11.9 Å². The molecule has 0 saturated heterocycles. The average Bonchev–Trinajstić information content (AvgIpc) is 3.05. The molecule has 0 aliphatic heterocycles. The highest BCUT2D eigenvalue weighted by atomic mass is 16.2. The summed E-state index contributed by atoms with van der Waals surface area (Å²) in [5, 5.41) is 0. The van der Waals surface area contributed by atoms with Crippen molar-refractivity contribution in [2.75, 3.05) is 11.4 Å². The molecule has 2 aromatic heterocycles. The summed E-state index contributed by atoms with van der Waals surface area (Å²) in [6.07, 6.45) is 6.08. The Morgan fingerprint density at radius 3 is 2.62 bits per heavy atom. The Balaban J connectivity index is 2.15. The van der Waals surface area contributed by atoms with Gasteiger partial charge in [0, 0.05) is 37.2 Å². The molecule has 0 atom stereocenters. The fourth-order valence-corrected chi connectivity index (χ4v) is 2.83. The first-order valence-electron chi connectivity index (χ1n) is 9.30. The topological polar surface area (TPSA) is 79.0 Å². The van der Waals surface area contributed by atoms with E-state index in [-0.39, 0.29) is 24.0 Å². The highest BCUT2D eigenvalue weighted by Gasteiger charge is 2.22. The van der Waals surface area contributed by atoms with Crippen molar-refractivity contribution in [3.05, 3.63) is 41.7 Å². The largest absolute Gasteiger partial charge is 0.345 e. The lowest BCUT2D eigenvalue weighted by Gasteiger charge is -2.24. The van der Waals surface area contributed by atoms with Gasteiger partial charge < -0.3 is 9.88 Å². The molecule has 1 N–H and O–H groups in total. The maximum Gasteiger partial charge on any atom is 0.229 e. The number of hydrogen-bond acceptors (Lipinski definition) is 4. The molecule has 0 unspecified atom stereocenters. The van der Waals surface area contributed by atoms with E-state index in [0.29, 0.717) is 17.9 Å². The summed E-state index contributed by atoms with van der Waals surface area (Å²) < 4.78 is 0. The SMILES string of the molecule is CCCc1nc(C(=O)CCN(C(=O)C(C)C)c2cccnc2)c(CC)[nH]1. The van der Waals surface area contributed by atoms with E-state index in [9.17, 15) is 9.59 Å². The van der Waals surface area contributed by atoms with Crippen LogP contribution in [0, 0.1) is 5.92 Å². The normalized spacial score (nSPS) is 11.0. The van der Waals surface area contributed by atoms with Crippen LogP contribution in [0.1, 0.15) is 62.5 Å². The highest BCUT2D eigenvalue weighted by Crippen LogP contribution is 2.17. The average molecular weight is 356 g/mol. The van der Waals surface area contributed by atoms with Gasteiger partial charge in [-0.3, -0.25) is 14.6 Å². The first-order valence-corrected chi connectivity index (χ1v) is 9.30. The zero-order chi connectivity index (χ0) is 19.1. The van der Waals surface area contributed by atoms with Crippen LogP contribution in [0.15, 0.2) is 24.5 Å². The highest BCUT2D eigenvalue weighted by molar-refractivity contribution is 5.98. The number of carbonyl (C=O) groups is 2. The molecule has 140 valence electrons. The monoisotopic (exact) mass is 356 g/mol. The number of ketones is 1. The van der Waals surface area contributed by atoms with Gasteiger partial charge in [0.15, 0.2) is 5.78 Å². The molecule has 2 aromatic rings. The number of rotatable bonds is 9. The van der Waals surface area contributed by atoms with E-state index in [2.05, 4.69) is 21.9 Å². The molecular formula is C20H28N4O2. The number of nitrogens with zero attached hydrogens (tertiary/aromatic N) is 3. The summed E-state index contributed by atoms with van der Waals surface area (Å²) in [6, 6.07) is 3.63. The molecule has 0 aromatic carbocycles. The van der Waals surface area contributed by atoms with Crippen molar-refractivity contribution in [2.45, 2.75) is 53.4 Å². The van der Waals surface area contributed by atoms with Crippen LogP contribution >= 0.6 is 0 Å².